The van der Waals surface area contributed by atoms with E-state index >= 15 is 0 Å². The maximum Gasteiger partial charge on any atom is 0.335 e. The first-order valence-corrected chi connectivity index (χ1v) is 40.5. The summed E-state index contributed by atoms with van der Waals surface area (Å²) in [6.45, 7) is 23.0. The number of halogens is 4. The van der Waals surface area contributed by atoms with Crippen LogP contribution in [0.3, 0.4) is 0 Å². The molecule has 115 heavy (non-hydrogen) atoms. The zero-order valence-electron chi connectivity index (χ0n) is 65.1. The Morgan fingerprint density at radius 1 is 0.426 bits per heavy atom. The molecule has 0 radical (unpaired) electrons. The number of ether oxygens (including phenoxy) is 8. The van der Waals surface area contributed by atoms with E-state index in [0.717, 1.165) is 38.4 Å². The van der Waals surface area contributed by atoms with Crippen LogP contribution in [0.1, 0.15) is 199 Å². The first-order valence-electron chi connectivity index (χ1n) is 34.9. The third-order valence-corrected chi connectivity index (χ3v) is 12.5. The van der Waals surface area contributed by atoms with E-state index in [-0.39, 0.29) is 110 Å². The summed E-state index contributed by atoms with van der Waals surface area (Å²) < 4.78 is 56.3. The third-order valence-electron chi connectivity index (χ3n) is 12.5. The molecule has 0 spiro atoms. The van der Waals surface area contributed by atoms with Crippen molar-refractivity contribution < 1.29 is 155 Å². The Morgan fingerprint density at radius 3 is 0.896 bits per heavy atom. The van der Waals surface area contributed by atoms with Crippen molar-refractivity contribution in [3.05, 3.63) is 143 Å². The number of rotatable bonds is 31. The van der Waals surface area contributed by atoms with E-state index in [9.17, 15) is 67.1 Å². The number of aliphatic carboxylic acids is 1. The quantitative estimate of drug-likeness (QED) is 0.00412. The van der Waals surface area contributed by atoms with Crippen molar-refractivity contribution in [3.8, 4) is 34.5 Å². The summed E-state index contributed by atoms with van der Waals surface area (Å²) >= 11 is 0. The Morgan fingerprint density at radius 2 is 0.687 bits per heavy atom. The van der Waals surface area contributed by atoms with E-state index in [2.05, 4.69) is 77.9 Å². The highest BCUT2D eigenvalue weighted by Gasteiger charge is 2.19. The minimum Gasteiger partial charge on any atom is -0.508 e. The molecule has 1 heterocycles. The molecule has 0 unspecified atom stereocenters. The average molecular weight is 1750 g/mol. The molecule has 0 amide bonds. The number of cyclic esters (lactones) is 2. The number of aromatic carboxylic acids is 2. The smallest absolute Gasteiger partial charge is 0.335 e. The SMILES string of the molecule is CCCO.CCCOC(=O)CCC(=O)O.CCCOC(=O)CCC(=O)Oc1ccc(C(=O)O)cc1.CCCOC(=O)CCC(=O)Oc1ccc(C(=O)O)cc1.CCCOC(=O)CCC(=O)Oc1ccc(C=O)cc1.CCN(CC)CC.Cc1cc(O)ccc1O.O.O=C1CCC(=O)O1.O=Cc1ccc(O)cc1.O=S(Cl)Cl.O=S(Cl)Cl. The molecule has 9 N–H and O–H groups in total. The van der Waals surface area contributed by atoms with Crippen LogP contribution in [0, 0.1) is 6.92 Å². The molecule has 39 heteroatoms. The molecule has 0 atom stereocenters. The number of aromatic hydroxyl groups is 3. The second-order valence-corrected chi connectivity index (χ2v) is 26.8. The van der Waals surface area contributed by atoms with Gasteiger partial charge in [-0.3, -0.25) is 57.5 Å². The number of carbonyl (C=O) groups excluding carboxylic acids is 11. The standard InChI is InChI=1S/2C14H16O6.C14H16O5.C7H12O4.C7H8O2.C7H6O2.C6H15N.C4H4O3.C3H8O.2Cl2OS.H2O/c2*1-2-9-19-12(15)7-8-13(16)20-11-5-3-10(4-6-11)14(17)18;1-2-9-18-13(16)7-8-14(17)19-12-5-3-11(10-15)4-6-12;1-2-5-11-7(10)4-3-6(8)9;1-5-4-6(8)2-3-7(5)9;8-5-6-1-3-7(9)4-2-6;1-4-7(5-2)6-3;5-3-1-2-4(6)7-3;1-2-3-4;2*1-4(2)3;/h2*3-6H,2,7-9H2,1H3,(H,17,18);3-6,10H,2,7-9H2,1H3;2-5H2,1H3,(H,8,9);2-4,8-9H,1H3;1-5,9H;4-6H2,1-3H3;1-2H2;4H,2-3H2,1H3;;;1H2. The lowest BCUT2D eigenvalue weighted by Crippen LogP contribution is -2.21. The number of carboxylic acids is 3. The van der Waals surface area contributed by atoms with Crippen molar-refractivity contribution in [3.63, 3.8) is 0 Å². The van der Waals surface area contributed by atoms with Crippen LogP contribution in [-0.2, 0) is 90.1 Å². The number of aryl methyl sites for hydroxylation is 1. The Labute approximate surface area is 689 Å². The van der Waals surface area contributed by atoms with Crippen LogP contribution in [0.25, 0.3) is 0 Å². The number of nitrogens with zero attached hydrogens (tertiary/aromatic N) is 1. The van der Waals surface area contributed by atoms with Gasteiger partial charge in [0, 0.05) is 60.5 Å². The predicted octanol–water partition coefficient (Wildman–Crippen LogP) is 12.4. The van der Waals surface area contributed by atoms with E-state index in [1.807, 2.05) is 34.6 Å². The maximum absolute atomic E-state index is 11.5. The number of carboxylic acid groups (broad SMARTS) is 3. The van der Waals surface area contributed by atoms with Crippen molar-refractivity contribution in [2.45, 2.75) is 159 Å². The first kappa shape index (κ1) is 116. The number of hydrogen-bond acceptors (Lipinski definition) is 29. The van der Waals surface area contributed by atoms with Crippen LogP contribution in [-0.4, -0.2) is 191 Å². The van der Waals surface area contributed by atoms with E-state index in [1.165, 1.54) is 111 Å². The number of phenolic OH excluding ortho intramolecular Hbond substituents is 3. The number of esters is 9. The van der Waals surface area contributed by atoms with Gasteiger partial charge in [-0.15, -0.1) is 0 Å². The average Bonchev–Trinajstić information content (AvgIpc) is 1.41. The number of aliphatic hydroxyl groups is 1. The van der Waals surface area contributed by atoms with Crippen molar-refractivity contribution in [2.75, 3.05) is 52.7 Å². The minimum atomic E-state index is -1.67. The summed E-state index contributed by atoms with van der Waals surface area (Å²) in [6, 6.07) is 27.5. The van der Waals surface area contributed by atoms with Crippen LogP contribution in [0.5, 0.6) is 34.5 Å². The lowest BCUT2D eigenvalue weighted by Gasteiger charge is -2.13. The summed E-state index contributed by atoms with van der Waals surface area (Å²) in [4.78, 5) is 153. The van der Waals surface area contributed by atoms with Gasteiger partial charge in [0.25, 0.3) is 0 Å². The van der Waals surface area contributed by atoms with Gasteiger partial charge in [-0.2, -0.15) is 0 Å². The summed E-state index contributed by atoms with van der Waals surface area (Å²) in [7, 11) is 14.7. The van der Waals surface area contributed by atoms with Crippen molar-refractivity contribution in [1.29, 1.82) is 0 Å². The van der Waals surface area contributed by atoms with Gasteiger partial charge in [-0.05, 0) is 179 Å². The van der Waals surface area contributed by atoms with Crippen LogP contribution in [0.2, 0.25) is 0 Å². The van der Waals surface area contributed by atoms with Gasteiger partial charge in [0.1, 0.15) is 47.1 Å². The van der Waals surface area contributed by atoms with Crippen molar-refractivity contribution in [1.82, 2.24) is 4.90 Å². The third kappa shape index (κ3) is 76.4. The lowest BCUT2D eigenvalue weighted by atomic mass is 10.2. The van der Waals surface area contributed by atoms with Crippen LogP contribution in [0.4, 0.5) is 0 Å². The molecular formula is C76H103Cl4NO32S2. The highest BCUT2D eigenvalue weighted by Crippen LogP contribution is 2.21. The molecule has 0 saturated carbocycles. The Balaban J connectivity index is -0.000000296. The molecule has 0 aliphatic carbocycles. The zero-order chi connectivity index (χ0) is 87.8. The Kier molecular flexibility index (Phi) is 77.2. The number of aliphatic hydroxyl groups excluding tert-OH is 1. The fourth-order valence-corrected chi connectivity index (χ4v) is 6.76. The first-order chi connectivity index (χ1) is 53.9. The fraction of sp³-hybridized carbons (Fsp3) is 0.421. The number of benzene rings is 5. The van der Waals surface area contributed by atoms with Crippen molar-refractivity contribution in [2.24, 2.45) is 0 Å². The molecule has 5 aromatic rings. The Bertz CT molecular complexity index is 3510. The number of hydrogen-bond donors (Lipinski definition) is 7. The van der Waals surface area contributed by atoms with E-state index < -0.39 is 90.1 Å². The molecule has 0 aromatic heterocycles. The molecule has 644 valence electrons. The number of phenols is 3. The zero-order valence-corrected chi connectivity index (χ0v) is 69.7. The molecular weight excluding hydrogens is 1640 g/mol. The molecule has 1 aliphatic rings. The molecule has 1 saturated heterocycles. The van der Waals surface area contributed by atoms with Gasteiger partial charge in [0.05, 0.1) is 102 Å². The number of carbonyl (C=O) groups is 14. The van der Waals surface area contributed by atoms with Crippen molar-refractivity contribution >= 4 is 145 Å². The fourth-order valence-electron chi connectivity index (χ4n) is 6.76. The van der Waals surface area contributed by atoms with Gasteiger partial charge in [0.15, 0.2) is 0 Å². The minimum absolute atomic E-state index is 0. The van der Waals surface area contributed by atoms with Gasteiger partial charge in [0.2, 0.25) is 18.5 Å². The molecule has 0 bridgehead atoms. The molecule has 6 rings (SSSR count). The van der Waals surface area contributed by atoms with Crippen LogP contribution in [0.15, 0.2) is 115 Å². The van der Waals surface area contributed by atoms with Gasteiger partial charge < -0.3 is 84.0 Å². The second kappa shape index (κ2) is 76.6. The molecule has 1 aliphatic heterocycles. The molecule has 1 fully saturated rings. The molecule has 33 nitrogen and oxygen atoms in total. The van der Waals surface area contributed by atoms with Gasteiger partial charge in [-0.1, -0.05) is 55.4 Å². The van der Waals surface area contributed by atoms with Crippen LogP contribution < -0.4 is 14.2 Å². The normalized spacial score (nSPS) is 10.1. The summed E-state index contributed by atoms with van der Waals surface area (Å²) in [5, 5.41) is 60.0. The van der Waals surface area contributed by atoms with Gasteiger partial charge >= 0.3 is 71.6 Å². The predicted molar refractivity (Wildman–Crippen MR) is 428 cm³/mol. The highest BCUT2D eigenvalue weighted by molar-refractivity contribution is 8.27. The second-order valence-electron chi connectivity index (χ2n) is 21.8. The number of aldehydes is 2. The highest BCUT2D eigenvalue weighted by atomic mass is 36.0. The summed E-state index contributed by atoms with van der Waals surface area (Å²) in [6.07, 6.45) is 5.37. The largest absolute Gasteiger partial charge is 0.508 e. The van der Waals surface area contributed by atoms with E-state index in [4.69, 9.17) is 72.6 Å². The van der Waals surface area contributed by atoms with E-state index in [1.54, 1.807) is 31.2 Å². The summed E-state index contributed by atoms with van der Waals surface area (Å²) in [5.41, 5.74) is 1.98. The summed E-state index contributed by atoms with van der Waals surface area (Å²) in [5.74, 6) is -5.84. The lowest BCUT2D eigenvalue weighted by molar-refractivity contribution is -0.152. The Hall–Kier alpha value is -9.98. The van der Waals surface area contributed by atoms with Crippen LogP contribution >= 0.6 is 42.7 Å². The van der Waals surface area contributed by atoms with E-state index in [0.29, 0.717) is 61.8 Å². The van der Waals surface area contributed by atoms with Gasteiger partial charge in [-0.25, -0.2) is 18.0 Å². The monoisotopic (exact) mass is 1750 g/mol. The topological polar surface area (TPSA) is 523 Å². The maximum atomic E-state index is 11.5. The molecule has 5 aromatic carbocycles.